The van der Waals surface area contributed by atoms with Crippen LogP contribution in [0.5, 0.6) is 0 Å². The minimum Gasteiger partial charge on any atom is -0.481 e. The summed E-state index contributed by atoms with van der Waals surface area (Å²) in [6.45, 7) is 11.1. The van der Waals surface area contributed by atoms with E-state index < -0.39 is 11.9 Å². The van der Waals surface area contributed by atoms with E-state index in [0.29, 0.717) is 12.6 Å². The number of carboxylic acid groups (broad SMARTS) is 1. The average molecular weight is 333 g/mol. The second kappa shape index (κ2) is 7.01. The molecule has 1 aromatic carbocycles. The summed E-state index contributed by atoms with van der Waals surface area (Å²) in [6, 6.07) is 8.52. The third-order valence-electron chi connectivity index (χ3n) is 4.48. The molecule has 0 spiro atoms. The Hall–Kier alpha value is -1.75. The van der Waals surface area contributed by atoms with Crippen LogP contribution in [0.25, 0.3) is 0 Å². The van der Waals surface area contributed by atoms with Gasteiger partial charge in [0, 0.05) is 35.0 Å². The minimum atomic E-state index is -0.781. The van der Waals surface area contributed by atoms with Crippen LogP contribution in [0.4, 0.5) is 11.4 Å². The van der Waals surface area contributed by atoms with Crippen molar-refractivity contribution in [1.82, 2.24) is 5.32 Å². The third kappa shape index (κ3) is 5.41. The molecule has 5 heteroatoms. The molecule has 1 aromatic rings. The first-order valence-corrected chi connectivity index (χ1v) is 8.69. The Balaban J connectivity index is 1.93. The summed E-state index contributed by atoms with van der Waals surface area (Å²) in [7, 11) is 0. The fourth-order valence-corrected chi connectivity index (χ4v) is 3.70. The zero-order chi connectivity index (χ0) is 18.0. The van der Waals surface area contributed by atoms with E-state index in [1.807, 2.05) is 12.1 Å². The molecule has 0 amide bonds. The highest BCUT2D eigenvalue weighted by atomic mass is 16.4. The number of benzene rings is 1. The molecular formula is C19H31N3O2. The Morgan fingerprint density at radius 2 is 1.67 bits per heavy atom. The molecule has 1 fully saturated rings. The van der Waals surface area contributed by atoms with Crippen LogP contribution in [0.15, 0.2) is 24.3 Å². The molecule has 0 bridgehead atoms. The number of nitrogens with one attached hydrogen (secondary N) is 3. The zero-order valence-electron chi connectivity index (χ0n) is 15.4. The van der Waals surface area contributed by atoms with Crippen molar-refractivity contribution in [3.8, 4) is 0 Å². The highest BCUT2D eigenvalue weighted by molar-refractivity contribution is 5.70. The van der Waals surface area contributed by atoms with Crippen molar-refractivity contribution in [1.29, 1.82) is 0 Å². The van der Waals surface area contributed by atoms with Gasteiger partial charge in [-0.25, -0.2) is 0 Å². The van der Waals surface area contributed by atoms with Crippen LogP contribution in [0.2, 0.25) is 0 Å². The lowest BCUT2D eigenvalue weighted by atomic mass is 9.79. The normalized spacial score (nSPS) is 21.0. The van der Waals surface area contributed by atoms with Crippen molar-refractivity contribution in [2.24, 2.45) is 5.92 Å². The van der Waals surface area contributed by atoms with Crippen LogP contribution in [0, 0.1) is 5.92 Å². The fourth-order valence-electron chi connectivity index (χ4n) is 3.70. The van der Waals surface area contributed by atoms with Gasteiger partial charge in [-0.05, 0) is 64.8 Å². The van der Waals surface area contributed by atoms with Crippen LogP contribution in [0.3, 0.4) is 0 Å². The zero-order valence-corrected chi connectivity index (χ0v) is 15.4. The molecular weight excluding hydrogens is 302 g/mol. The van der Waals surface area contributed by atoms with Crippen molar-refractivity contribution in [2.75, 3.05) is 17.2 Å². The molecule has 0 radical (unpaired) electrons. The van der Waals surface area contributed by atoms with Gasteiger partial charge in [0.05, 0.1) is 5.92 Å². The number of hydrogen-bond acceptors (Lipinski definition) is 4. The number of anilines is 2. The van der Waals surface area contributed by atoms with E-state index >= 15 is 0 Å². The monoisotopic (exact) mass is 333 g/mol. The Kier molecular flexibility index (Phi) is 5.43. The quantitative estimate of drug-likeness (QED) is 0.641. The maximum atomic E-state index is 10.8. The standard InChI is InChI=1S/C19H31N3O2/c1-13(17(23)24)12-20-14-6-8-15(9-7-14)21-16-10-18(2,3)22-19(4,5)11-16/h6-9,13,16,20-22H,10-12H2,1-5H3,(H,23,24). The molecule has 2 rings (SSSR count). The fraction of sp³-hybridized carbons (Fsp3) is 0.632. The summed E-state index contributed by atoms with van der Waals surface area (Å²) in [6.07, 6.45) is 2.15. The molecule has 0 saturated carbocycles. The van der Waals surface area contributed by atoms with Gasteiger partial charge in [-0.1, -0.05) is 6.92 Å². The molecule has 1 atom stereocenters. The van der Waals surface area contributed by atoms with Gasteiger partial charge in [0.1, 0.15) is 0 Å². The van der Waals surface area contributed by atoms with Gasteiger partial charge in [0.25, 0.3) is 0 Å². The van der Waals surface area contributed by atoms with Crippen LogP contribution in [-0.2, 0) is 4.79 Å². The largest absolute Gasteiger partial charge is 0.481 e. The van der Waals surface area contributed by atoms with Gasteiger partial charge in [0.15, 0.2) is 0 Å². The van der Waals surface area contributed by atoms with Crippen LogP contribution in [-0.4, -0.2) is 34.7 Å². The van der Waals surface area contributed by atoms with Crippen molar-refractivity contribution >= 4 is 17.3 Å². The number of hydrogen-bond donors (Lipinski definition) is 4. The molecule has 0 aromatic heterocycles. The van der Waals surface area contributed by atoms with Gasteiger partial charge >= 0.3 is 5.97 Å². The number of rotatable bonds is 6. The predicted molar refractivity (Wildman–Crippen MR) is 99.7 cm³/mol. The lowest BCUT2D eigenvalue weighted by Gasteiger charge is -2.47. The van der Waals surface area contributed by atoms with Crippen LogP contribution >= 0.6 is 0 Å². The number of aliphatic carboxylic acids is 1. The molecule has 1 aliphatic heterocycles. The van der Waals surface area contributed by atoms with E-state index in [0.717, 1.165) is 24.2 Å². The summed E-state index contributed by atoms with van der Waals surface area (Å²) in [5.41, 5.74) is 2.28. The topological polar surface area (TPSA) is 73.4 Å². The molecule has 24 heavy (non-hydrogen) atoms. The van der Waals surface area contributed by atoms with Crippen molar-refractivity contribution in [2.45, 2.75) is 64.6 Å². The van der Waals surface area contributed by atoms with E-state index in [9.17, 15) is 4.79 Å². The highest BCUT2D eigenvalue weighted by Crippen LogP contribution is 2.30. The van der Waals surface area contributed by atoms with Gasteiger partial charge in [-0.2, -0.15) is 0 Å². The van der Waals surface area contributed by atoms with Crippen molar-refractivity contribution in [3.63, 3.8) is 0 Å². The number of piperidine rings is 1. The van der Waals surface area contributed by atoms with Gasteiger partial charge < -0.3 is 21.1 Å². The first-order valence-electron chi connectivity index (χ1n) is 8.69. The molecule has 0 aliphatic carbocycles. The van der Waals surface area contributed by atoms with E-state index in [4.69, 9.17) is 5.11 Å². The van der Waals surface area contributed by atoms with Crippen LogP contribution in [0.1, 0.15) is 47.5 Å². The lowest BCUT2D eigenvalue weighted by Crippen LogP contribution is -2.60. The SMILES string of the molecule is CC(CNc1ccc(NC2CC(C)(C)NC(C)(C)C2)cc1)C(=O)O. The Bertz CT molecular complexity index is 550. The van der Waals surface area contributed by atoms with E-state index in [1.165, 1.54) is 0 Å². The second-order valence-corrected chi connectivity index (χ2v) is 8.34. The maximum absolute atomic E-state index is 10.8. The molecule has 134 valence electrons. The molecule has 5 nitrogen and oxygen atoms in total. The number of carboxylic acids is 1. The van der Waals surface area contributed by atoms with Crippen molar-refractivity contribution < 1.29 is 9.90 Å². The van der Waals surface area contributed by atoms with E-state index in [1.54, 1.807) is 6.92 Å². The van der Waals surface area contributed by atoms with Gasteiger partial charge in [-0.15, -0.1) is 0 Å². The maximum Gasteiger partial charge on any atom is 0.308 e. The molecule has 1 aliphatic rings. The molecule has 1 unspecified atom stereocenters. The number of carbonyl (C=O) groups is 1. The molecule has 1 saturated heterocycles. The minimum absolute atomic E-state index is 0.119. The first-order chi connectivity index (χ1) is 11.1. The van der Waals surface area contributed by atoms with E-state index in [-0.39, 0.29) is 11.1 Å². The van der Waals surface area contributed by atoms with Gasteiger partial charge in [-0.3, -0.25) is 4.79 Å². The van der Waals surface area contributed by atoms with Crippen molar-refractivity contribution in [3.05, 3.63) is 24.3 Å². The Morgan fingerprint density at radius 1 is 1.17 bits per heavy atom. The molecule has 4 N–H and O–H groups in total. The second-order valence-electron chi connectivity index (χ2n) is 8.34. The lowest BCUT2D eigenvalue weighted by molar-refractivity contribution is -0.140. The van der Waals surface area contributed by atoms with E-state index in [2.05, 4.69) is 55.8 Å². The summed E-state index contributed by atoms with van der Waals surface area (Å²) < 4.78 is 0. The molecule has 1 heterocycles. The summed E-state index contributed by atoms with van der Waals surface area (Å²) >= 11 is 0. The third-order valence-corrected chi connectivity index (χ3v) is 4.48. The Morgan fingerprint density at radius 3 is 2.17 bits per heavy atom. The van der Waals surface area contributed by atoms with Gasteiger partial charge in [0.2, 0.25) is 0 Å². The smallest absolute Gasteiger partial charge is 0.308 e. The summed E-state index contributed by atoms with van der Waals surface area (Å²) in [5, 5.41) is 19.4. The highest BCUT2D eigenvalue weighted by Gasteiger charge is 2.37. The predicted octanol–water partition coefficient (Wildman–Crippen LogP) is 3.54. The average Bonchev–Trinajstić information content (AvgIpc) is 2.42. The summed E-state index contributed by atoms with van der Waals surface area (Å²) in [5.74, 6) is -1.18. The summed E-state index contributed by atoms with van der Waals surface area (Å²) in [4.78, 5) is 10.8. The van der Waals surface area contributed by atoms with Crippen LogP contribution < -0.4 is 16.0 Å². The first kappa shape index (κ1) is 18.6. The Labute approximate surface area is 145 Å².